The third kappa shape index (κ3) is 2.85. The molecule has 18 heavy (non-hydrogen) atoms. The van der Waals surface area contributed by atoms with Crippen LogP contribution in [-0.4, -0.2) is 15.0 Å². The third-order valence-corrected chi connectivity index (χ3v) is 2.84. The summed E-state index contributed by atoms with van der Waals surface area (Å²) in [5, 5.41) is 0.482. The molecule has 0 amide bonds. The lowest BCUT2D eigenvalue weighted by molar-refractivity contribution is 0.816. The summed E-state index contributed by atoms with van der Waals surface area (Å²) in [5.74, 6) is 0.994. The lowest BCUT2D eigenvalue weighted by Gasteiger charge is -2.08. The molecule has 0 saturated heterocycles. The van der Waals surface area contributed by atoms with E-state index < -0.39 is 0 Å². The molecule has 0 aromatic carbocycles. The molecule has 0 bridgehead atoms. The van der Waals surface area contributed by atoms with Crippen molar-refractivity contribution in [2.24, 2.45) is 0 Å². The summed E-state index contributed by atoms with van der Waals surface area (Å²) < 4.78 is 0. The maximum atomic E-state index is 6.06. The smallest absolute Gasteiger partial charge is 0.161 e. The number of hydrogen-bond donors (Lipinski definition) is 0. The van der Waals surface area contributed by atoms with Gasteiger partial charge in [0.25, 0.3) is 0 Å². The molecule has 3 nitrogen and oxygen atoms in total. The van der Waals surface area contributed by atoms with Crippen molar-refractivity contribution in [3.05, 3.63) is 40.4 Å². The molecule has 94 valence electrons. The predicted molar refractivity (Wildman–Crippen MR) is 73.8 cm³/mol. The van der Waals surface area contributed by atoms with E-state index in [-0.39, 0.29) is 0 Å². The van der Waals surface area contributed by atoms with Gasteiger partial charge in [-0.25, -0.2) is 9.97 Å². The molecule has 0 saturated carbocycles. The van der Waals surface area contributed by atoms with Gasteiger partial charge in [-0.05, 0) is 38.0 Å². The lowest BCUT2D eigenvalue weighted by atomic mass is 10.1. The molecule has 2 heterocycles. The Morgan fingerprint density at radius 1 is 0.944 bits per heavy atom. The number of pyridine rings is 1. The minimum absolute atomic E-state index is 0.327. The number of rotatable bonds is 2. The number of aryl methyl sites for hydroxylation is 2. The molecule has 2 aromatic rings. The number of aromatic nitrogens is 3. The first-order valence-electron chi connectivity index (χ1n) is 5.96. The van der Waals surface area contributed by atoms with Crippen molar-refractivity contribution < 1.29 is 0 Å². The van der Waals surface area contributed by atoms with Crippen LogP contribution >= 0.6 is 11.6 Å². The minimum atomic E-state index is 0.327. The number of nitrogens with zero attached hydrogens (tertiary/aromatic N) is 3. The van der Waals surface area contributed by atoms with Crippen molar-refractivity contribution in [3.8, 4) is 11.4 Å². The summed E-state index contributed by atoms with van der Waals surface area (Å²) >= 11 is 6.06. The minimum Gasteiger partial charge on any atom is -0.258 e. The van der Waals surface area contributed by atoms with Gasteiger partial charge in [0.05, 0.1) is 0 Å². The summed E-state index contributed by atoms with van der Waals surface area (Å²) in [4.78, 5) is 13.2. The molecule has 2 aromatic heterocycles. The van der Waals surface area contributed by atoms with E-state index in [1.807, 2.05) is 32.0 Å². The number of halogens is 1. The van der Waals surface area contributed by atoms with Crippen LogP contribution in [0, 0.1) is 13.8 Å². The van der Waals surface area contributed by atoms with E-state index in [4.69, 9.17) is 11.6 Å². The van der Waals surface area contributed by atoms with E-state index in [0.717, 1.165) is 22.6 Å². The molecular formula is C14H16ClN3. The fourth-order valence-electron chi connectivity index (χ4n) is 1.82. The molecule has 0 aliphatic heterocycles. The molecule has 0 atom stereocenters. The average Bonchev–Trinajstić information content (AvgIpc) is 2.26. The molecule has 0 spiro atoms. The molecule has 0 radical (unpaired) electrons. The van der Waals surface area contributed by atoms with Gasteiger partial charge in [0, 0.05) is 22.6 Å². The van der Waals surface area contributed by atoms with Crippen LogP contribution < -0.4 is 0 Å². The Morgan fingerprint density at radius 2 is 1.56 bits per heavy atom. The van der Waals surface area contributed by atoms with Crippen molar-refractivity contribution >= 4 is 11.6 Å². The van der Waals surface area contributed by atoms with Crippen molar-refractivity contribution in [2.45, 2.75) is 33.6 Å². The summed E-state index contributed by atoms with van der Waals surface area (Å²) in [7, 11) is 0. The Balaban J connectivity index is 2.56. The van der Waals surface area contributed by atoms with Gasteiger partial charge in [0.2, 0.25) is 0 Å². The van der Waals surface area contributed by atoms with Crippen LogP contribution in [0.15, 0.2) is 18.2 Å². The fraction of sp³-hybridized carbons (Fsp3) is 0.357. The van der Waals surface area contributed by atoms with Crippen LogP contribution in [0.3, 0.4) is 0 Å². The van der Waals surface area contributed by atoms with Crippen LogP contribution in [0.2, 0.25) is 5.15 Å². The SMILES string of the molecule is Cc1cc(-c2nc(Cl)cc(C(C)C)n2)cc(C)n1. The van der Waals surface area contributed by atoms with E-state index in [1.165, 1.54) is 0 Å². The highest BCUT2D eigenvalue weighted by molar-refractivity contribution is 6.29. The van der Waals surface area contributed by atoms with Crippen LogP contribution in [0.5, 0.6) is 0 Å². The van der Waals surface area contributed by atoms with E-state index in [1.54, 1.807) is 0 Å². The second-order valence-electron chi connectivity index (χ2n) is 4.73. The molecular weight excluding hydrogens is 246 g/mol. The maximum Gasteiger partial charge on any atom is 0.161 e. The zero-order valence-corrected chi connectivity index (χ0v) is 11.8. The quantitative estimate of drug-likeness (QED) is 0.769. The zero-order chi connectivity index (χ0) is 13.3. The second kappa shape index (κ2) is 5.02. The van der Waals surface area contributed by atoms with Gasteiger partial charge in [0.15, 0.2) is 5.82 Å². The maximum absolute atomic E-state index is 6.06. The van der Waals surface area contributed by atoms with E-state index >= 15 is 0 Å². The van der Waals surface area contributed by atoms with Crippen LogP contribution in [0.4, 0.5) is 0 Å². The first-order valence-corrected chi connectivity index (χ1v) is 6.33. The standard InChI is InChI=1S/C14H16ClN3/c1-8(2)12-7-13(15)18-14(17-12)11-5-9(3)16-10(4)6-11/h5-8H,1-4H3. The highest BCUT2D eigenvalue weighted by atomic mass is 35.5. The van der Waals surface area contributed by atoms with Crippen molar-refractivity contribution in [3.63, 3.8) is 0 Å². The van der Waals surface area contributed by atoms with Crippen molar-refractivity contribution in [1.82, 2.24) is 15.0 Å². The largest absolute Gasteiger partial charge is 0.258 e. The van der Waals surface area contributed by atoms with Crippen LogP contribution in [0.25, 0.3) is 11.4 Å². The number of hydrogen-bond acceptors (Lipinski definition) is 3. The summed E-state index contributed by atoms with van der Waals surface area (Å²) in [6.07, 6.45) is 0. The van der Waals surface area contributed by atoms with E-state index in [9.17, 15) is 0 Å². The fourth-order valence-corrected chi connectivity index (χ4v) is 2.02. The first-order chi connectivity index (χ1) is 8.45. The van der Waals surface area contributed by atoms with Crippen molar-refractivity contribution in [1.29, 1.82) is 0 Å². The third-order valence-electron chi connectivity index (χ3n) is 2.65. The van der Waals surface area contributed by atoms with Gasteiger partial charge in [-0.1, -0.05) is 25.4 Å². The van der Waals surface area contributed by atoms with Gasteiger partial charge < -0.3 is 0 Å². The Kier molecular flexibility index (Phi) is 3.62. The molecule has 4 heteroatoms. The monoisotopic (exact) mass is 261 g/mol. The van der Waals surface area contributed by atoms with Gasteiger partial charge in [0.1, 0.15) is 5.15 Å². The summed E-state index contributed by atoms with van der Waals surface area (Å²) in [6.45, 7) is 8.10. The lowest BCUT2D eigenvalue weighted by Crippen LogP contribution is -1.99. The first kappa shape index (κ1) is 13.0. The molecule has 0 fully saturated rings. The average molecular weight is 262 g/mol. The van der Waals surface area contributed by atoms with E-state index in [2.05, 4.69) is 28.8 Å². The highest BCUT2D eigenvalue weighted by Gasteiger charge is 2.09. The molecule has 0 N–H and O–H groups in total. The Hall–Kier alpha value is -1.48. The van der Waals surface area contributed by atoms with E-state index in [0.29, 0.717) is 16.9 Å². The normalized spacial score (nSPS) is 11.0. The van der Waals surface area contributed by atoms with Crippen LogP contribution in [0.1, 0.15) is 36.8 Å². The van der Waals surface area contributed by atoms with Gasteiger partial charge >= 0.3 is 0 Å². The highest BCUT2D eigenvalue weighted by Crippen LogP contribution is 2.22. The van der Waals surface area contributed by atoms with Crippen LogP contribution in [-0.2, 0) is 0 Å². The topological polar surface area (TPSA) is 38.7 Å². The summed E-state index contributed by atoms with van der Waals surface area (Å²) in [5.41, 5.74) is 3.83. The van der Waals surface area contributed by atoms with Gasteiger partial charge in [-0.2, -0.15) is 0 Å². The van der Waals surface area contributed by atoms with Crippen molar-refractivity contribution in [2.75, 3.05) is 0 Å². The predicted octanol–water partition coefficient (Wildman–Crippen LogP) is 3.93. The van der Waals surface area contributed by atoms with Gasteiger partial charge in [-0.15, -0.1) is 0 Å². The van der Waals surface area contributed by atoms with Gasteiger partial charge in [-0.3, -0.25) is 4.98 Å². The molecule has 0 aliphatic rings. The molecule has 2 rings (SSSR count). The Labute approximate surface area is 112 Å². The second-order valence-corrected chi connectivity index (χ2v) is 5.12. The zero-order valence-electron chi connectivity index (χ0n) is 11.0. The molecule has 0 aliphatic carbocycles. The summed E-state index contributed by atoms with van der Waals surface area (Å²) in [6, 6.07) is 5.77. The molecule has 0 unspecified atom stereocenters. The Morgan fingerprint density at radius 3 is 2.11 bits per heavy atom. The Bertz CT molecular complexity index is 559.